The number of nitrogens with zero attached hydrogens (tertiary/aromatic N) is 1. The first kappa shape index (κ1) is 20.2. The van der Waals surface area contributed by atoms with Gasteiger partial charge in [0, 0.05) is 29.7 Å². The number of halogens is 1. The molecule has 148 valence electrons. The number of nitrogens with one attached hydrogen (secondary N) is 1. The molecular formula is C22H25ClN2O3. The fourth-order valence-corrected chi connectivity index (χ4v) is 3.51. The number of amides is 2. The van der Waals surface area contributed by atoms with E-state index in [4.69, 9.17) is 16.3 Å². The van der Waals surface area contributed by atoms with E-state index in [-0.39, 0.29) is 24.5 Å². The van der Waals surface area contributed by atoms with Gasteiger partial charge < -0.3 is 15.0 Å². The minimum Gasteiger partial charge on any atom is -0.483 e. The summed E-state index contributed by atoms with van der Waals surface area (Å²) in [5.74, 6) is 0.572. The van der Waals surface area contributed by atoms with E-state index in [1.807, 2.05) is 32.0 Å². The Morgan fingerprint density at radius 1 is 1.14 bits per heavy atom. The molecule has 2 aromatic rings. The van der Waals surface area contributed by atoms with Crippen molar-refractivity contribution >= 4 is 23.4 Å². The first-order valence-corrected chi connectivity index (χ1v) is 9.85. The molecule has 1 heterocycles. The topological polar surface area (TPSA) is 58.6 Å². The highest BCUT2D eigenvalue weighted by molar-refractivity contribution is 6.30. The van der Waals surface area contributed by atoms with Crippen LogP contribution in [0.1, 0.15) is 34.3 Å². The van der Waals surface area contributed by atoms with Crippen LogP contribution in [0.15, 0.2) is 42.5 Å². The van der Waals surface area contributed by atoms with Crippen LogP contribution in [0.25, 0.3) is 0 Å². The third-order valence-corrected chi connectivity index (χ3v) is 5.37. The standard InChI is InChI=1S/C22H25ClN2O3/c1-15-5-3-8-20(16(15)2)28-14-21(26)24-19-9-11-25(12-10-19)22(27)17-6-4-7-18(23)13-17/h3-8,13,19H,9-12,14H2,1-2H3,(H,24,26). The van der Waals surface area contributed by atoms with Crippen LogP contribution in [0.4, 0.5) is 0 Å². The summed E-state index contributed by atoms with van der Waals surface area (Å²) in [6.07, 6.45) is 1.45. The Balaban J connectivity index is 1.45. The van der Waals surface area contributed by atoms with Crippen molar-refractivity contribution in [2.24, 2.45) is 0 Å². The van der Waals surface area contributed by atoms with Crippen molar-refractivity contribution in [3.63, 3.8) is 0 Å². The van der Waals surface area contributed by atoms with E-state index in [1.54, 1.807) is 29.2 Å². The first-order valence-electron chi connectivity index (χ1n) is 9.47. The molecule has 1 N–H and O–H groups in total. The zero-order chi connectivity index (χ0) is 20.1. The molecule has 2 aromatic carbocycles. The number of carbonyl (C=O) groups is 2. The fourth-order valence-electron chi connectivity index (χ4n) is 3.32. The summed E-state index contributed by atoms with van der Waals surface area (Å²) in [6.45, 7) is 5.20. The molecule has 0 spiro atoms. The largest absolute Gasteiger partial charge is 0.483 e. The molecule has 0 bridgehead atoms. The van der Waals surface area contributed by atoms with Crippen LogP contribution in [0.2, 0.25) is 5.02 Å². The van der Waals surface area contributed by atoms with Crippen LogP contribution in [0.5, 0.6) is 5.75 Å². The van der Waals surface area contributed by atoms with Crippen molar-refractivity contribution in [1.82, 2.24) is 10.2 Å². The summed E-state index contributed by atoms with van der Waals surface area (Å²) >= 11 is 5.97. The maximum absolute atomic E-state index is 12.6. The molecule has 0 atom stereocenters. The lowest BCUT2D eigenvalue weighted by molar-refractivity contribution is -0.124. The van der Waals surface area contributed by atoms with Crippen molar-refractivity contribution in [2.45, 2.75) is 32.7 Å². The van der Waals surface area contributed by atoms with Gasteiger partial charge in [-0.25, -0.2) is 0 Å². The van der Waals surface area contributed by atoms with E-state index < -0.39 is 0 Å². The molecule has 6 heteroatoms. The summed E-state index contributed by atoms with van der Waals surface area (Å²) in [5.41, 5.74) is 2.77. The third-order valence-electron chi connectivity index (χ3n) is 5.13. The van der Waals surface area contributed by atoms with Crippen molar-refractivity contribution in [3.8, 4) is 5.75 Å². The summed E-state index contributed by atoms with van der Waals surface area (Å²) < 4.78 is 5.66. The van der Waals surface area contributed by atoms with E-state index in [0.29, 0.717) is 23.7 Å². The normalized spacial score (nSPS) is 14.6. The van der Waals surface area contributed by atoms with Crippen molar-refractivity contribution in [2.75, 3.05) is 19.7 Å². The van der Waals surface area contributed by atoms with Crippen molar-refractivity contribution in [1.29, 1.82) is 0 Å². The lowest BCUT2D eigenvalue weighted by Gasteiger charge is -2.32. The molecule has 0 aliphatic carbocycles. The highest BCUT2D eigenvalue weighted by Gasteiger charge is 2.24. The Morgan fingerprint density at radius 3 is 2.57 bits per heavy atom. The SMILES string of the molecule is Cc1cccc(OCC(=O)NC2CCN(C(=O)c3cccc(Cl)c3)CC2)c1C. The van der Waals surface area contributed by atoms with Crippen LogP contribution < -0.4 is 10.1 Å². The highest BCUT2D eigenvalue weighted by atomic mass is 35.5. The van der Waals surface area contributed by atoms with E-state index in [1.165, 1.54) is 0 Å². The summed E-state index contributed by atoms with van der Waals surface area (Å²) in [6, 6.07) is 12.8. The smallest absolute Gasteiger partial charge is 0.258 e. The van der Waals surface area contributed by atoms with E-state index >= 15 is 0 Å². The number of piperidine rings is 1. The van der Waals surface area contributed by atoms with E-state index in [2.05, 4.69) is 5.32 Å². The number of ether oxygens (including phenoxy) is 1. The Morgan fingerprint density at radius 2 is 1.86 bits per heavy atom. The molecule has 1 fully saturated rings. The molecule has 3 rings (SSSR count). The molecular weight excluding hydrogens is 376 g/mol. The lowest BCUT2D eigenvalue weighted by atomic mass is 10.0. The predicted molar refractivity (Wildman–Crippen MR) is 110 cm³/mol. The van der Waals surface area contributed by atoms with Gasteiger partial charge in [0.15, 0.2) is 6.61 Å². The highest BCUT2D eigenvalue weighted by Crippen LogP contribution is 2.20. The van der Waals surface area contributed by atoms with Gasteiger partial charge >= 0.3 is 0 Å². The van der Waals surface area contributed by atoms with Gasteiger partial charge in [-0.05, 0) is 62.1 Å². The molecule has 28 heavy (non-hydrogen) atoms. The summed E-state index contributed by atoms with van der Waals surface area (Å²) in [5, 5.41) is 3.56. The average Bonchev–Trinajstić information content (AvgIpc) is 2.69. The predicted octanol–water partition coefficient (Wildman–Crippen LogP) is 3.76. The number of hydrogen-bond acceptors (Lipinski definition) is 3. The van der Waals surface area contributed by atoms with Gasteiger partial charge in [-0.3, -0.25) is 9.59 Å². The van der Waals surface area contributed by atoms with Crippen LogP contribution in [0, 0.1) is 13.8 Å². The zero-order valence-corrected chi connectivity index (χ0v) is 17.0. The van der Waals surface area contributed by atoms with Gasteiger partial charge in [0.05, 0.1) is 0 Å². The van der Waals surface area contributed by atoms with Gasteiger partial charge in [-0.2, -0.15) is 0 Å². The third kappa shape index (κ3) is 5.04. The van der Waals surface area contributed by atoms with Gasteiger partial charge in [-0.1, -0.05) is 29.8 Å². The second kappa shape index (κ2) is 9.11. The second-order valence-corrected chi connectivity index (χ2v) is 7.57. The quantitative estimate of drug-likeness (QED) is 0.831. The number of benzene rings is 2. The molecule has 0 unspecified atom stereocenters. The molecule has 0 radical (unpaired) electrons. The second-order valence-electron chi connectivity index (χ2n) is 7.13. The molecule has 1 aliphatic rings. The maximum Gasteiger partial charge on any atom is 0.258 e. The Kier molecular flexibility index (Phi) is 6.57. The number of hydrogen-bond donors (Lipinski definition) is 1. The average molecular weight is 401 g/mol. The number of carbonyl (C=O) groups excluding carboxylic acids is 2. The lowest BCUT2D eigenvalue weighted by Crippen LogP contribution is -2.47. The van der Waals surface area contributed by atoms with E-state index in [0.717, 1.165) is 29.7 Å². The summed E-state index contributed by atoms with van der Waals surface area (Å²) in [4.78, 5) is 26.6. The van der Waals surface area contributed by atoms with E-state index in [9.17, 15) is 9.59 Å². The zero-order valence-electron chi connectivity index (χ0n) is 16.2. The van der Waals surface area contributed by atoms with Crippen LogP contribution in [0.3, 0.4) is 0 Å². The Hall–Kier alpha value is -2.53. The number of likely N-dealkylation sites (tertiary alicyclic amines) is 1. The fraction of sp³-hybridized carbons (Fsp3) is 0.364. The molecule has 5 nitrogen and oxygen atoms in total. The maximum atomic E-state index is 12.6. The number of aryl methyl sites for hydroxylation is 1. The first-order chi connectivity index (χ1) is 13.4. The van der Waals surface area contributed by atoms with Crippen molar-refractivity contribution in [3.05, 3.63) is 64.2 Å². The molecule has 0 saturated carbocycles. The Bertz CT molecular complexity index is 861. The van der Waals surface area contributed by atoms with Gasteiger partial charge in [0.1, 0.15) is 5.75 Å². The molecule has 1 saturated heterocycles. The number of rotatable bonds is 5. The summed E-state index contributed by atoms with van der Waals surface area (Å²) in [7, 11) is 0. The van der Waals surface area contributed by atoms with Crippen LogP contribution >= 0.6 is 11.6 Å². The molecule has 1 aliphatic heterocycles. The van der Waals surface area contributed by atoms with Gasteiger partial charge in [0.25, 0.3) is 11.8 Å². The van der Waals surface area contributed by atoms with Gasteiger partial charge in [-0.15, -0.1) is 0 Å². The van der Waals surface area contributed by atoms with Gasteiger partial charge in [0.2, 0.25) is 0 Å². The van der Waals surface area contributed by atoms with Crippen LogP contribution in [-0.4, -0.2) is 42.5 Å². The molecule has 0 aromatic heterocycles. The minimum atomic E-state index is -0.138. The molecule has 2 amide bonds. The van der Waals surface area contributed by atoms with Crippen molar-refractivity contribution < 1.29 is 14.3 Å². The van der Waals surface area contributed by atoms with Crippen LogP contribution in [-0.2, 0) is 4.79 Å². The Labute approximate surface area is 170 Å². The monoisotopic (exact) mass is 400 g/mol. The minimum absolute atomic E-state index is 0.00798.